The van der Waals surface area contributed by atoms with E-state index in [1.165, 1.54) is 0 Å². The van der Waals surface area contributed by atoms with E-state index in [4.69, 9.17) is 4.74 Å². The molecule has 3 N–H and O–H groups in total. The van der Waals surface area contributed by atoms with Gasteiger partial charge in [-0.25, -0.2) is 4.79 Å². The quantitative estimate of drug-likeness (QED) is 0.712. The first-order valence-electron chi connectivity index (χ1n) is 7.48. The first-order valence-corrected chi connectivity index (χ1v) is 7.48. The molecule has 7 nitrogen and oxygen atoms in total. The summed E-state index contributed by atoms with van der Waals surface area (Å²) in [6.07, 6.45) is -1.03. The van der Waals surface area contributed by atoms with Crippen molar-refractivity contribution >= 4 is 0 Å². The van der Waals surface area contributed by atoms with Crippen LogP contribution in [0.1, 0.15) is 12.0 Å². The van der Waals surface area contributed by atoms with Gasteiger partial charge in [-0.2, -0.15) is 4.39 Å². The average molecular weight is 336 g/mol. The zero-order chi connectivity index (χ0) is 17.3. The molecule has 1 saturated heterocycles. The van der Waals surface area contributed by atoms with Crippen molar-refractivity contribution in [3.63, 3.8) is 0 Å². The van der Waals surface area contributed by atoms with Crippen LogP contribution >= 0.6 is 0 Å². The summed E-state index contributed by atoms with van der Waals surface area (Å²) in [6, 6.07) is 9.03. The van der Waals surface area contributed by atoms with E-state index in [0.29, 0.717) is 0 Å². The number of nitrogens with one attached hydrogen (secondary N) is 1. The van der Waals surface area contributed by atoms with E-state index in [1.807, 2.05) is 11.1 Å². The van der Waals surface area contributed by atoms with Crippen molar-refractivity contribution in [3.05, 3.63) is 68.7 Å². The number of halogens is 1. The molecule has 0 saturated carbocycles. The number of aromatic amines is 1. The minimum atomic E-state index is -1.41. The molecule has 0 radical (unpaired) electrons. The van der Waals surface area contributed by atoms with E-state index in [1.54, 1.807) is 24.3 Å². The Balaban J connectivity index is 2.11. The monoisotopic (exact) mass is 336 g/mol. The van der Waals surface area contributed by atoms with Gasteiger partial charge < -0.3 is 14.9 Å². The van der Waals surface area contributed by atoms with E-state index in [-0.39, 0.29) is 12.8 Å². The molecule has 128 valence electrons. The number of aliphatic hydroxyl groups excluding tert-OH is 2. The summed E-state index contributed by atoms with van der Waals surface area (Å²) >= 11 is 0. The lowest BCUT2D eigenvalue weighted by molar-refractivity contribution is -0.119. The molecular weight excluding hydrogens is 319 g/mol. The summed E-state index contributed by atoms with van der Waals surface area (Å²) in [4.78, 5) is 25.4. The summed E-state index contributed by atoms with van der Waals surface area (Å²) in [5, 5.41) is 19.5. The lowest BCUT2D eigenvalue weighted by Crippen LogP contribution is -2.46. The fraction of sp³-hybridized carbons (Fsp3) is 0.375. The Morgan fingerprint density at radius 3 is 2.67 bits per heavy atom. The first kappa shape index (κ1) is 16.6. The zero-order valence-corrected chi connectivity index (χ0v) is 12.7. The number of rotatable bonds is 4. The highest BCUT2D eigenvalue weighted by Crippen LogP contribution is 2.37. The van der Waals surface area contributed by atoms with Crippen LogP contribution in [-0.4, -0.2) is 38.6 Å². The van der Waals surface area contributed by atoms with Crippen molar-refractivity contribution in [3.8, 4) is 0 Å². The number of aliphatic hydroxyl groups is 2. The molecule has 1 aromatic heterocycles. The van der Waals surface area contributed by atoms with Gasteiger partial charge in [-0.05, 0) is 5.56 Å². The van der Waals surface area contributed by atoms with Crippen LogP contribution in [0.25, 0.3) is 0 Å². The molecule has 0 bridgehead atoms. The Kier molecular flexibility index (Phi) is 4.35. The van der Waals surface area contributed by atoms with Gasteiger partial charge in [-0.15, -0.1) is 0 Å². The highest BCUT2D eigenvalue weighted by atomic mass is 19.1. The minimum absolute atomic E-state index is 0.0293. The van der Waals surface area contributed by atoms with Crippen molar-refractivity contribution in [1.82, 2.24) is 9.55 Å². The lowest BCUT2D eigenvalue weighted by atomic mass is 9.97. The largest absolute Gasteiger partial charge is 0.394 e. The summed E-state index contributed by atoms with van der Waals surface area (Å²) in [6.45, 7) is -0.446. The molecule has 1 aliphatic heterocycles. The van der Waals surface area contributed by atoms with E-state index in [2.05, 4.69) is 0 Å². The zero-order valence-electron chi connectivity index (χ0n) is 12.7. The van der Waals surface area contributed by atoms with Crippen molar-refractivity contribution in [2.75, 3.05) is 6.61 Å². The first-order chi connectivity index (χ1) is 11.4. The molecule has 2 aromatic rings. The summed E-state index contributed by atoms with van der Waals surface area (Å²) in [5.74, 6) is -1.13. The highest BCUT2D eigenvalue weighted by molar-refractivity contribution is 5.17. The van der Waals surface area contributed by atoms with Crippen molar-refractivity contribution in [2.24, 2.45) is 0 Å². The highest BCUT2D eigenvalue weighted by Gasteiger charge is 2.48. The molecule has 3 atom stereocenters. The molecule has 0 spiro atoms. The number of hydrogen-bond donors (Lipinski definition) is 3. The Morgan fingerprint density at radius 1 is 1.33 bits per heavy atom. The van der Waals surface area contributed by atoms with Gasteiger partial charge in [0.2, 0.25) is 5.82 Å². The Labute approximate surface area is 136 Å². The second-order valence-electron chi connectivity index (χ2n) is 5.83. The van der Waals surface area contributed by atoms with Crippen LogP contribution < -0.4 is 11.2 Å². The molecule has 1 aromatic carbocycles. The van der Waals surface area contributed by atoms with Crippen molar-refractivity contribution in [1.29, 1.82) is 0 Å². The molecule has 0 unspecified atom stereocenters. The van der Waals surface area contributed by atoms with E-state index >= 15 is 0 Å². The van der Waals surface area contributed by atoms with Gasteiger partial charge in [0.25, 0.3) is 5.56 Å². The Morgan fingerprint density at radius 2 is 2.04 bits per heavy atom. The molecule has 8 heteroatoms. The normalized spacial score (nSPS) is 26.6. The number of hydrogen-bond acceptors (Lipinski definition) is 5. The lowest BCUT2D eigenvalue weighted by Gasteiger charge is -2.31. The maximum Gasteiger partial charge on any atom is 0.330 e. The molecule has 24 heavy (non-hydrogen) atoms. The van der Waals surface area contributed by atoms with Crippen molar-refractivity contribution in [2.45, 2.75) is 30.8 Å². The number of H-pyrrole nitrogens is 1. The van der Waals surface area contributed by atoms with Gasteiger partial charge in [0.15, 0.2) is 5.72 Å². The predicted molar refractivity (Wildman–Crippen MR) is 82.0 cm³/mol. The topological polar surface area (TPSA) is 105 Å². The van der Waals surface area contributed by atoms with Gasteiger partial charge in [0.05, 0.1) is 18.9 Å². The SMILES string of the molecule is O=c1[nH]c(=O)n([C@@]2(Cc3ccccc3)C[C@H](O)[C@@H](CO)O2)cc1F. The van der Waals surface area contributed by atoms with Crippen LogP contribution in [0.5, 0.6) is 0 Å². The minimum Gasteiger partial charge on any atom is -0.394 e. The van der Waals surface area contributed by atoms with E-state index in [9.17, 15) is 24.2 Å². The molecular formula is C16H17FN2O5. The van der Waals surface area contributed by atoms with Crippen molar-refractivity contribution < 1.29 is 19.3 Å². The van der Waals surface area contributed by atoms with Gasteiger partial charge in [-0.3, -0.25) is 14.3 Å². The smallest absolute Gasteiger partial charge is 0.330 e. The van der Waals surface area contributed by atoms with Gasteiger partial charge in [0.1, 0.15) is 6.10 Å². The molecule has 1 aliphatic rings. The van der Waals surface area contributed by atoms with E-state index < -0.39 is 41.6 Å². The third-order valence-corrected chi connectivity index (χ3v) is 4.17. The Hall–Kier alpha value is -2.29. The third-order valence-electron chi connectivity index (χ3n) is 4.17. The van der Waals surface area contributed by atoms with E-state index in [0.717, 1.165) is 16.3 Å². The maximum atomic E-state index is 13.7. The number of nitrogens with zero attached hydrogens (tertiary/aromatic N) is 1. The number of ether oxygens (including phenoxy) is 1. The van der Waals surface area contributed by atoms with Crippen LogP contribution in [0.4, 0.5) is 4.39 Å². The van der Waals surface area contributed by atoms with Crippen LogP contribution in [0, 0.1) is 5.82 Å². The second kappa shape index (κ2) is 6.31. The summed E-state index contributed by atoms with van der Waals surface area (Å²) < 4.78 is 20.4. The van der Waals surface area contributed by atoms with Crippen LogP contribution in [-0.2, 0) is 16.9 Å². The molecule has 0 aliphatic carbocycles. The fourth-order valence-electron chi connectivity index (χ4n) is 3.04. The molecule has 2 heterocycles. The van der Waals surface area contributed by atoms with Gasteiger partial charge >= 0.3 is 5.69 Å². The number of benzene rings is 1. The average Bonchev–Trinajstić information content (AvgIpc) is 2.88. The summed E-state index contributed by atoms with van der Waals surface area (Å²) in [7, 11) is 0. The molecule has 0 amide bonds. The van der Waals surface area contributed by atoms with Crippen LogP contribution in [0.15, 0.2) is 46.1 Å². The maximum absolute atomic E-state index is 13.7. The standard InChI is InChI=1S/C16H17FN2O5/c17-11-8-19(15(23)18-14(11)22)16(6-10-4-2-1-3-5-10)7-12(21)13(9-20)24-16/h1-5,8,12-13,20-21H,6-7,9H2,(H,18,22,23)/t12-,13+,16+/m0/s1. The summed E-state index contributed by atoms with van der Waals surface area (Å²) in [5.41, 5.74) is -2.58. The predicted octanol–water partition coefficient (Wildman–Crippen LogP) is -0.287. The van der Waals surface area contributed by atoms with Gasteiger partial charge in [-0.1, -0.05) is 30.3 Å². The van der Waals surface area contributed by atoms with Gasteiger partial charge in [0, 0.05) is 12.8 Å². The third kappa shape index (κ3) is 2.91. The number of aromatic nitrogens is 2. The molecule has 1 fully saturated rings. The molecule has 3 rings (SSSR count). The van der Waals surface area contributed by atoms with Crippen LogP contribution in [0.3, 0.4) is 0 Å². The fourth-order valence-corrected chi connectivity index (χ4v) is 3.04. The second-order valence-corrected chi connectivity index (χ2v) is 5.83. The Bertz CT molecular complexity index is 834. The van der Waals surface area contributed by atoms with Crippen LogP contribution in [0.2, 0.25) is 0 Å².